The zero-order chi connectivity index (χ0) is 10.7. The van der Waals surface area contributed by atoms with Gasteiger partial charge in [0.2, 0.25) is 0 Å². The summed E-state index contributed by atoms with van der Waals surface area (Å²) in [5, 5.41) is 3.94. The van der Waals surface area contributed by atoms with Gasteiger partial charge in [0.25, 0.3) is 0 Å². The maximum atomic E-state index is 6.19. The Morgan fingerprint density at radius 2 is 2.20 bits per heavy atom. The largest absolute Gasteiger partial charge is 0.464 e. The molecule has 0 unspecified atom stereocenters. The second-order valence-electron chi connectivity index (χ2n) is 4.26. The molecule has 0 aromatic carbocycles. The fourth-order valence-corrected chi connectivity index (χ4v) is 2.58. The molecule has 0 saturated heterocycles. The van der Waals surface area contributed by atoms with Crippen LogP contribution >= 0.6 is 11.6 Å². The van der Waals surface area contributed by atoms with Gasteiger partial charge in [-0.05, 0) is 26.0 Å². The summed E-state index contributed by atoms with van der Waals surface area (Å²) in [6.07, 6.45) is 6.02. The van der Waals surface area contributed by atoms with Crippen LogP contribution in [-0.2, 0) is 6.42 Å². The van der Waals surface area contributed by atoms with Gasteiger partial charge in [-0.2, -0.15) is 0 Å². The molecule has 0 aliphatic heterocycles. The molecule has 1 fully saturated rings. The summed E-state index contributed by atoms with van der Waals surface area (Å²) in [6, 6.07) is 1.98. The van der Waals surface area contributed by atoms with Crippen molar-refractivity contribution in [3.8, 4) is 0 Å². The zero-order valence-electron chi connectivity index (χ0n) is 9.18. The van der Waals surface area contributed by atoms with E-state index in [-0.39, 0.29) is 0 Å². The summed E-state index contributed by atoms with van der Waals surface area (Å²) in [6.45, 7) is 0.938. The minimum atomic E-state index is 0.570. The third kappa shape index (κ3) is 2.56. The molecular formula is C12H18ClNO. The van der Waals surface area contributed by atoms with Crippen molar-refractivity contribution in [1.29, 1.82) is 0 Å². The van der Waals surface area contributed by atoms with Crippen LogP contribution < -0.4 is 5.32 Å². The second kappa shape index (κ2) is 5.04. The van der Waals surface area contributed by atoms with Crippen molar-refractivity contribution >= 4 is 11.6 Å². The maximum Gasteiger partial charge on any atom is 0.125 e. The lowest BCUT2D eigenvalue weighted by Gasteiger charge is -2.05. The summed E-state index contributed by atoms with van der Waals surface area (Å²) in [4.78, 5) is 0. The Kier molecular flexibility index (Phi) is 3.71. The van der Waals surface area contributed by atoms with Crippen molar-refractivity contribution in [2.24, 2.45) is 0 Å². The highest BCUT2D eigenvalue weighted by atomic mass is 35.5. The lowest BCUT2D eigenvalue weighted by atomic mass is 10.1. The molecule has 0 amide bonds. The predicted octanol–water partition coefficient (Wildman–Crippen LogP) is 3.35. The van der Waals surface area contributed by atoms with E-state index in [1.54, 1.807) is 0 Å². The monoisotopic (exact) mass is 227 g/mol. The highest BCUT2D eigenvalue weighted by Crippen LogP contribution is 2.39. The molecule has 0 bridgehead atoms. The summed E-state index contributed by atoms with van der Waals surface area (Å²) in [5.41, 5.74) is 0. The molecule has 0 atom stereocenters. The van der Waals surface area contributed by atoms with E-state index in [0.29, 0.717) is 5.92 Å². The van der Waals surface area contributed by atoms with Crippen LogP contribution in [-0.4, -0.2) is 13.6 Å². The van der Waals surface area contributed by atoms with Gasteiger partial charge in [-0.1, -0.05) is 24.4 Å². The third-order valence-electron chi connectivity index (χ3n) is 3.11. The molecule has 2 nitrogen and oxygen atoms in total. The van der Waals surface area contributed by atoms with Gasteiger partial charge in [-0.15, -0.1) is 0 Å². The first-order chi connectivity index (χ1) is 7.31. The molecule has 15 heavy (non-hydrogen) atoms. The first kappa shape index (κ1) is 11.0. The lowest BCUT2D eigenvalue weighted by molar-refractivity contribution is 0.429. The Bertz CT molecular complexity index is 315. The van der Waals surface area contributed by atoms with Crippen LogP contribution in [0.25, 0.3) is 0 Å². The van der Waals surface area contributed by atoms with Gasteiger partial charge in [0, 0.05) is 18.9 Å². The van der Waals surface area contributed by atoms with Crippen LogP contribution in [0.3, 0.4) is 0 Å². The minimum Gasteiger partial charge on any atom is -0.464 e. The summed E-state index contributed by atoms with van der Waals surface area (Å²) in [7, 11) is 1.95. The van der Waals surface area contributed by atoms with Crippen LogP contribution in [0.1, 0.15) is 43.1 Å². The van der Waals surface area contributed by atoms with Crippen molar-refractivity contribution in [2.45, 2.75) is 38.0 Å². The highest BCUT2D eigenvalue weighted by Gasteiger charge is 2.23. The van der Waals surface area contributed by atoms with E-state index in [2.05, 4.69) is 5.32 Å². The number of furan rings is 1. The molecule has 1 aliphatic rings. The second-order valence-corrected chi connectivity index (χ2v) is 4.67. The fraction of sp³-hybridized carbons (Fsp3) is 0.667. The molecule has 1 aliphatic carbocycles. The maximum absolute atomic E-state index is 6.19. The molecule has 1 heterocycles. The molecule has 1 saturated carbocycles. The quantitative estimate of drug-likeness (QED) is 0.854. The molecule has 3 heteroatoms. The first-order valence-corrected chi connectivity index (χ1v) is 6.11. The molecular weight excluding hydrogens is 210 g/mol. The van der Waals surface area contributed by atoms with E-state index in [9.17, 15) is 0 Å². The molecule has 2 rings (SSSR count). The van der Waals surface area contributed by atoms with Crippen molar-refractivity contribution in [3.05, 3.63) is 22.6 Å². The standard InChI is InChI=1S/C12H18ClNO/c1-14-7-6-10-8-11(13)12(15-10)9-4-2-3-5-9/h8-9,14H,2-7H2,1H3. The van der Waals surface area contributed by atoms with Crippen molar-refractivity contribution < 1.29 is 4.42 Å². The Morgan fingerprint density at radius 1 is 1.47 bits per heavy atom. The topological polar surface area (TPSA) is 25.2 Å². The number of hydrogen-bond donors (Lipinski definition) is 1. The highest BCUT2D eigenvalue weighted by molar-refractivity contribution is 6.31. The summed E-state index contributed by atoms with van der Waals surface area (Å²) < 4.78 is 5.83. The van der Waals surface area contributed by atoms with E-state index in [4.69, 9.17) is 16.0 Å². The van der Waals surface area contributed by atoms with E-state index in [1.807, 2.05) is 13.1 Å². The number of hydrogen-bond acceptors (Lipinski definition) is 2. The van der Waals surface area contributed by atoms with E-state index >= 15 is 0 Å². The lowest BCUT2D eigenvalue weighted by Crippen LogP contribution is -2.09. The molecule has 1 aromatic heterocycles. The van der Waals surface area contributed by atoms with E-state index < -0.39 is 0 Å². The Labute approximate surface area is 96.0 Å². The van der Waals surface area contributed by atoms with Crippen LogP contribution in [0, 0.1) is 0 Å². The summed E-state index contributed by atoms with van der Waals surface area (Å²) in [5.74, 6) is 2.61. The van der Waals surface area contributed by atoms with Gasteiger partial charge in [0.05, 0.1) is 5.02 Å². The number of rotatable bonds is 4. The van der Waals surface area contributed by atoms with Crippen molar-refractivity contribution in [3.63, 3.8) is 0 Å². The van der Waals surface area contributed by atoms with Crippen LogP contribution in [0.4, 0.5) is 0 Å². The molecule has 1 aromatic rings. The minimum absolute atomic E-state index is 0.570. The molecule has 0 radical (unpaired) electrons. The average Bonchev–Trinajstić information content (AvgIpc) is 2.83. The van der Waals surface area contributed by atoms with Crippen molar-refractivity contribution in [2.75, 3.05) is 13.6 Å². The van der Waals surface area contributed by atoms with Gasteiger partial charge in [0.1, 0.15) is 11.5 Å². The SMILES string of the molecule is CNCCc1cc(Cl)c(C2CCCC2)o1. The van der Waals surface area contributed by atoms with Gasteiger partial charge >= 0.3 is 0 Å². The zero-order valence-corrected chi connectivity index (χ0v) is 9.94. The molecule has 1 N–H and O–H groups in total. The van der Waals surface area contributed by atoms with Gasteiger partial charge in [-0.25, -0.2) is 0 Å². The van der Waals surface area contributed by atoms with Crippen LogP contribution in [0.15, 0.2) is 10.5 Å². The number of likely N-dealkylation sites (N-methyl/N-ethyl adjacent to an activating group) is 1. The smallest absolute Gasteiger partial charge is 0.125 e. The Balaban J connectivity index is 2.06. The van der Waals surface area contributed by atoms with Gasteiger partial charge in [0.15, 0.2) is 0 Å². The third-order valence-corrected chi connectivity index (χ3v) is 3.41. The Morgan fingerprint density at radius 3 is 2.87 bits per heavy atom. The number of halogens is 1. The molecule has 0 spiro atoms. The van der Waals surface area contributed by atoms with E-state index in [1.165, 1.54) is 25.7 Å². The molecule has 84 valence electrons. The van der Waals surface area contributed by atoms with E-state index in [0.717, 1.165) is 29.5 Å². The van der Waals surface area contributed by atoms with Gasteiger partial charge < -0.3 is 9.73 Å². The predicted molar refractivity (Wildman–Crippen MR) is 62.6 cm³/mol. The summed E-state index contributed by atoms with van der Waals surface area (Å²) >= 11 is 6.19. The first-order valence-electron chi connectivity index (χ1n) is 5.74. The Hall–Kier alpha value is -0.470. The van der Waals surface area contributed by atoms with Crippen molar-refractivity contribution in [1.82, 2.24) is 5.32 Å². The average molecular weight is 228 g/mol. The number of nitrogens with one attached hydrogen (secondary N) is 1. The fourth-order valence-electron chi connectivity index (χ4n) is 2.27. The van der Waals surface area contributed by atoms with Crippen LogP contribution in [0.5, 0.6) is 0 Å². The van der Waals surface area contributed by atoms with Gasteiger partial charge in [-0.3, -0.25) is 0 Å². The van der Waals surface area contributed by atoms with Crippen LogP contribution in [0.2, 0.25) is 5.02 Å². The normalized spacial score (nSPS) is 17.5.